The zero-order chi connectivity index (χ0) is 11.7. The molecule has 0 radical (unpaired) electrons. The zero-order valence-corrected chi connectivity index (χ0v) is 10.4. The van der Waals surface area contributed by atoms with E-state index in [2.05, 4.69) is 21.2 Å². The zero-order valence-electron chi connectivity index (χ0n) is 8.03. The molecule has 1 aliphatic rings. The minimum absolute atomic E-state index is 0.203. The van der Waals surface area contributed by atoms with Gasteiger partial charge >= 0.3 is 6.03 Å². The molecule has 0 saturated carbocycles. The number of hydrogen-bond donors (Lipinski definition) is 1. The molecule has 2 rings (SSSR count). The Balaban J connectivity index is 2.12. The molecule has 0 atom stereocenters. The molecule has 2 heterocycles. The Kier molecular flexibility index (Phi) is 3.06. The summed E-state index contributed by atoms with van der Waals surface area (Å²) < 4.78 is 0.911. The highest BCUT2D eigenvalue weighted by atomic mass is 79.9. The summed E-state index contributed by atoms with van der Waals surface area (Å²) in [5.41, 5.74) is 0. The fourth-order valence-electron chi connectivity index (χ4n) is 1.33. The number of thiophene rings is 1. The molecule has 0 aromatic carbocycles. The number of imide groups is 2. The van der Waals surface area contributed by atoms with E-state index in [1.54, 1.807) is 0 Å². The van der Waals surface area contributed by atoms with Gasteiger partial charge in [-0.05, 0) is 22.0 Å². The normalized spacial score (nSPS) is 16.6. The van der Waals surface area contributed by atoms with Gasteiger partial charge in [0.1, 0.15) is 6.42 Å². The van der Waals surface area contributed by atoms with E-state index in [9.17, 15) is 14.4 Å². The number of amides is 4. The summed E-state index contributed by atoms with van der Waals surface area (Å²) in [5, 5.41) is 3.97. The third-order valence-corrected chi connectivity index (χ3v) is 3.72. The van der Waals surface area contributed by atoms with E-state index in [0.717, 1.165) is 14.2 Å². The van der Waals surface area contributed by atoms with Crippen LogP contribution in [-0.4, -0.2) is 22.7 Å². The number of urea groups is 1. The molecule has 1 fully saturated rings. The van der Waals surface area contributed by atoms with E-state index in [0.29, 0.717) is 0 Å². The molecule has 16 heavy (non-hydrogen) atoms. The van der Waals surface area contributed by atoms with Crippen molar-refractivity contribution in [2.75, 3.05) is 0 Å². The summed E-state index contributed by atoms with van der Waals surface area (Å²) in [6, 6.07) is 1.19. The van der Waals surface area contributed by atoms with E-state index in [1.165, 1.54) is 11.3 Å². The summed E-state index contributed by atoms with van der Waals surface area (Å²) in [4.78, 5) is 35.7. The summed E-state index contributed by atoms with van der Waals surface area (Å²) in [7, 11) is 0. The van der Waals surface area contributed by atoms with Gasteiger partial charge in [-0.1, -0.05) is 0 Å². The predicted molar refractivity (Wildman–Crippen MR) is 60.7 cm³/mol. The molecule has 7 heteroatoms. The molecule has 1 N–H and O–H groups in total. The molecule has 0 aliphatic carbocycles. The van der Waals surface area contributed by atoms with Crippen molar-refractivity contribution < 1.29 is 14.4 Å². The summed E-state index contributed by atoms with van der Waals surface area (Å²) in [6.07, 6.45) is -0.266. The molecule has 1 aliphatic heterocycles. The van der Waals surface area contributed by atoms with Crippen LogP contribution in [0.5, 0.6) is 0 Å². The molecule has 1 saturated heterocycles. The van der Waals surface area contributed by atoms with Crippen LogP contribution < -0.4 is 5.32 Å². The number of hydrogen-bond acceptors (Lipinski definition) is 4. The van der Waals surface area contributed by atoms with Gasteiger partial charge in [-0.25, -0.2) is 4.79 Å². The molecule has 0 spiro atoms. The van der Waals surface area contributed by atoms with Gasteiger partial charge in [0.25, 0.3) is 0 Å². The lowest BCUT2D eigenvalue weighted by atomic mass is 10.3. The number of nitrogens with zero attached hydrogens (tertiary/aromatic N) is 1. The first kappa shape index (κ1) is 11.3. The number of rotatable bonds is 2. The van der Waals surface area contributed by atoms with Crippen molar-refractivity contribution >= 4 is 45.1 Å². The number of halogens is 1. The fourth-order valence-corrected chi connectivity index (χ4v) is 2.77. The highest BCUT2D eigenvalue weighted by Gasteiger charge is 2.30. The first-order valence-electron chi connectivity index (χ1n) is 4.43. The van der Waals surface area contributed by atoms with Gasteiger partial charge in [0, 0.05) is 14.7 Å². The first-order valence-corrected chi connectivity index (χ1v) is 6.10. The third kappa shape index (κ3) is 2.30. The minimum atomic E-state index is -0.647. The monoisotopic (exact) mass is 302 g/mol. The Morgan fingerprint density at radius 2 is 2.19 bits per heavy atom. The second-order valence-electron chi connectivity index (χ2n) is 3.24. The minimum Gasteiger partial charge on any atom is -0.277 e. The van der Waals surface area contributed by atoms with E-state index < -0.39 is 17.8 Å². The molecule has 84 valence electrons. The number of nitrogens with one attached hydrogen (secondary N) is 1. The van der Waals surface area contributed by atoms with E-state index in [-0.39, 0.29) is 13.0 Å². The maximum Gasteiger partial charge on any atom is 0.331 e. The molecular weight excluding hydrogens is 296 g/mol. The topological polar surface area (TPSA) is 66.5 Å². The Morgan fingerprint density at radius 3 is 2.75 bits per heavy atom. The Bertz CT molecular complexity index is 451. The molecule has 1 aromatic rings. The second kappa shape index (κ2) is 4.34. The van der Waals surface area contributed by atoms with Crippen LogP contribution >= 0.6 is 27.3 Å². The van der Waals surface area contributed by atoms with Crippen LogP contribution in [0.1, 0.15) is 11.3 Å². The standard InChI is InChI=1S/C9H7BrN2O3S/c10-5-1-6(16-4-5)3-12-8(14)2-7(13)11-9(12)15/h1,4H,2-3H2,(H,11,13,15). The number of carbonyl (C=O) groups is 3. The van der Waals surface area contributed by atoms with Crippen molar-refractivity contribution in [3.05, 3.63) is 20.8 Å². The van der Waals surface area contributed by atoms with Crippen molar-refractivity contribution in [2.45, 2.75) is 13.0 Å². The van der Waals surface area contributed by atoms with Crippen LogP contribution in [0.3, 0.4) is 0 Å². The lowest BCUT2D eigenvalue weighted by molar-refractivity contribution is -0.136. The smallest absolute Gasteiger partial charge is 0.277 e. The highest BCUT2D eigenvalue weighted by Crippen LogP contribution is 2.22. The lowest BCUT2D eigenvalue weighted by Crippen LogP contribution is -2.52. The first-order chi connectivity index (χ1) is 7.56. The van der Waals surface area contributed by atoms with Gasteiger partial charge in [-0.3, -0.25) is 19.8 Å². The molecule has 4 amide bonds. The van der Waals surface area contributed by atoms with Gasteiger partial charge < -0.3 is 0 Å². The van der Waals surface area contributed by atoms with Crippen LogP contribution in [0, 0.1) is 0 Å². The van der Waals surface area contributed by atoms with Crippen molar-refractivity contribution in [3.8, 4) is 0 Å². The number of barbiturate groups is 1. The molecule has 0 bridgehead atoms. The Morgan fingerprint density at radius 1 is 1.44 bits per heavy atom. The quantitative estimate of drug-likeness (QED) is 0.842. The van der Waals surface area contributed by atoms with Crippen LogP contribution in [0.15, 0.2) is 15.9 Å². The van der Waals surface area contributed by atoms with Crippen molar-refractivity contribution in [3.63, 3.8) is 0 Å². The second-order valence-corrected chi connectivity index (χ2v) is 5.15. The third-order valence-electron chi connectivity index (χ3n) is 2.04. The van der Waals surface area contributed by atoms with Crippen LogP contribution in [0.2, 0.25) is 0 Å². The highest BCUT2D eigenvalue weighted by molar-refractivity contribution is 9.10. The Hall–Kier alpha value is -1.21. The Labute approximate surface area is 104 Å². The van der Waals surface area contributed by atoms with E-state index in [4.69, 9.17) is 0 Å². The van der Waals surface area contributed by atoms with Gasteiger partial charge in [0.15, 0.2) is 0 Å². The largest absolute Gasteiger partial charge is 0.331 e. The lowest BCUT2D eigenvalue weighted by Gasteiger charge is -2.23. The molecular formula is C9H7BrN2O3S. The van der Waals surface area contributed by atoms with E-state index in [1.807, 2.05) is 11.4 Å². The van der Waals surface area contributed by atoms with Crippen LogP contribution in [-0.2, 0) is 16.1 Å². The van der Waals surface area contributed by atoms with Crippen LogP contribution in [0.4, 0.5) is 4.79 Å². The summed E-state index contributed by atoms with van der Waals surface area (Å²) >= 11 is 4.73. The van der Waals surface area contributed by atoms with Crippen molar-refractivity contribution in [2.24, 2.45) is 0 Å². The van der Waals surface area contributed by atoms with Crippen molar-refractivity contribution in [1.29, 1.82) is 0 Å². The molecule has 0 unspecified atom stereocenters. The van der Waals surface area contributed by atoms with Gasteiger partial charge in [0.05, 0.1) is 6.54 Å². The van der Waals surface area contributed by atoms with Crippen molar-refractivity contribution in [1.82, 2.24) is 10.2 Å². The SMILES string of the molecule is O=C1CC(=O)N(Cc2cc(Br)cs2)C(=O)N1. The summed E-state index contributed by atoms with van der Waals surface area (Å²) in [6.45, 7) is 0.203. The van der Waals surface area contributed by atoms with E-state index >= 15 is 0 Å². The molecule has 1 aromatic heterocycles. The van der Waals surface area contributed by atoms with Gasteiger partial charge in [0.2, 0.25) is 11.8 Å². The summed E-state index contributed by atoms with van der Waals surface area (Å²) in [5.74, 6) is -1.00. The maximum atomic E-state index is 11.5. The van der Waals surface area contributed by atoms with Gasteiger partial charge in [-0.15, -0.1) is 11.3 Å². The predicted octanol–water partition coefficient (Wildman–Crippen LogP) is 1.48. The average Bonchev–Trinajstić information content (AvgIpc) is 2.58. The average molecular weight is 303 g/mol. The maximum absolute atomic E-state index is 11.5. The fraction of sp³-hybridized carbons (Fsp3) is 0.222. The molecule has 5 nitrogen and oxygen atoms in total. The van der Waals surface area contributed by atoms with Gasteiger partial charge in [-0.2, -0.15) is 0 Å². The van der Waals surface area contributed by atoms with Crippen LogP contribution in [0.25, 0.3) is 0 Å². The number of carbonyl (C=O) groups excluding carboxylic acids is 3.